The molecule has 142 valence electrons. The molecule has 1 heterocycles. The summed E-state index contributed by atoms with van der Waals surface area (Å²) < 4.78 is 5.22. The highest BCUT2D eigenvalue weighted by atomic mass is 16.5. The number of aromatic nitrogens is 1. The highest BCUT2D eigenvalue weighted by Gasteiger charge is 2.12. The van der Waals surface area contributed by atoms with Crippen LogP contribution in [0.4, 0.5) is 0 Å². The maximum absolute atomic E-state index is 12.2. The summed E-state index contributed by atoms with van der Waals surface area (Å²) in [6, 6.07) is 7.64. The highest BCUT2D eigenvalue weighted by molar-refractivity contribution is 5.81. The van der Waals surface area contributed by atoms with Crippen molar-refractivity contribution in [3.05, 3.63) is 40.2 Å². The molecule has 0 saturated heterocycles. The molecule has 0 aliphatic heterocycles. The Morgan fingerprint density at radius 2 is 2.00 bits per heavy atom. The van der Waals surface area contributed by atoms with E-state index >= 15 is 0 Å². The predicted molar refractivity (Wildman–Crippen MR) is 105 cm³/mol. The van der Waals surface area contributed by atoms with E-state index in [1.54, 1.807) is 7.11 Å². The van der Waals surface area contributed by atoms with Gasteiger partial charge in [-0.15, -0.1) is 0 Å². The van der Waals surface area contributed by atoms with Crippen molar-refractivity contribution in [2.75, 3.05) is 26.7 Å². The number of hydrogen-bond acceptors (Lipinski definition) is 4. The summed E-state index contributed by atoms with van der Waals surface area (Å²) >= 11 is 0. The molecule has 26 heavy (non-hydrogen) atoms. The van der Waals surface area contributed by atoms with Gasteiger partial charge < -0.3 is 15.0 Å². The van der Waals surface area contributed by atoms with Crippen molar-refractivity contribution < 1.29 is 9.53 Å². The Bertz CT molecular complexity index is 796. The first-order chi connectivity index (χ1) is 12.5. The van der Waals surface area contributed by atoms with E-state index in [-0.39, 0.29) is 11.5 Å². The smallest absolute Gasteiger partial charge is 0.251 e. The van der Waals surface area contributed by atoms with E-state index in [4.69, 9.17) is 4.74 Å². The summed E-state index contributed by atoms with van der Waals surface area (Å²) in [4.78, 5) is 29.5. The molecule has 0 spiro atoms. The number of methoxy groups -OCH3 is 1. The molecular weight excluding hydrogens is 330 g/mol. The number of nitrogens with one attached hydrogen (secondary N) is 2. The van der Waals surface area contributed by atoms with E-state index in [9.17, 15) is 9.59 Å². The van der Waals surface area contributed by atoms with Gasteiger partial charge in [-0.2, -0.15) is 0 Å². The van der Waals surface area contributed by atoms with Crippen LogP contribution in [-0.2, 0) is 11.2 Å². The number of ether oxygens (including phenoxy) is 1. The van der Waals surface area contributed by atoms with Gasteiger partial charge in [-0.25, -0.2) is 0 Å². The lowest BCUT2D eigenvalue weighted by Crippen LogP contribution is -2.42. The van der Waals surface area contributed by atoms with Gasteiger partial charge in [0.25, 0.3) is 5.56 Å². The quantitative estimate of drug-likeness (QED) is 0.721. The molecule has 0 aliphatic carbocycles. The van der Waals surface area contributed by atoms with Gasteiger partial charge in [0.1, 0.15) is 5.75 Å². The van der Waals surface area contributed by atoms with Crippen molar-refractivity contribution in [3.8, 4) is 5.75 Å². The fourth-order valence-corrected chi connectivity index (χ4v) is 3.12. The minimum absolute atomic E-state index is 0.0332. The summed E-state index contributed by atoms with van der Waals surface area (Å²) in [5.74, 6) is 0.702. The van der Waals surface area contributed by atoms with Crippen LogP contribution in [0.15, 0.2) is 29.1 Å². The maximum atomic E-state index is 12.2. The number of amides is 1. The summed E-state index contributed by atoms with van der Waals surface area (Å²) in [6.07, 6.45) is 0.706. The lowest BCUT2D eigenvalue weighted by Gasteiger charge is -2.26. The van der Waals surface area contributed by atoms with Gasteiger partial charge in [-0.05, 0) is 50.7 Å². The van der Waals surface area contributed by atoms with E-state index in [1.807, 2.05) is 24.3 Å². The number of likely N-dealkylation sites (N-methyl/N-ethyl adjacent to an activating group) is 1. The molecule has 1 atom stereocenters. The molecule has 0 fully saturated rings. The second-order valence-electron chi connectivity index (χ2n) is 6.45. The molecule has 6 heteroatoms. The van der Waals surface area contributed by atoms with Crippen molar-refractivity contribution in [2.24, 2.45) is 0 Å². The van der Waals surface area contributed by atoms with Gasteiger partial charge in [0, 0.05) is 35.5 Å². The van der Waals surface area contributed by atoms with Gasteiger partial charge in [-0.3, -0.25) is 14.5 Å². The average Bonchev–Trinajstić information content (AvgIpc) is 2.65. The monoisotopic (exact) mass is 359 g/mol. The molecule has 0 saturated carbocycles. The number of nitrogens with zero attached hydrogens (tertiary/aromatic N) is 1. The number of pyridine rings is 1. The number of aryl methyl sites for hydroxylation is 1. The second-order valence-corrected chi connectivity index (χ2v) is 6.45. The summed E-state index contributed by atoms with van der Waals surface area (Å²) in [7, 11) is 1.61. The van der Waals surface area contributed by atoms with E-state index in [1.165, 1.54) is 0 Å². The predicted octanol–water partition coefficient (Wildman–Crippen LogP) is 2.32. The second kappa shape index (κ2) is 9.38. The largest absolute Gasteiger partial charge is 0.497 e. The van der Waals surface area contributed by atoms with Crippen LogP contribution < -0.4 is 15.6 Å². The first-order valence-electron chi connectivity index (χ1n) is 9.19. The Labute approximate surface area is 154 Å². The standard InChI is InChI=1S/C20H29N3O3/c1-5-23(6-2)14(3)13-21-19(24)10-7-15-11-16-12-17(26-4)8-9-18(16)22-20(15)25/h8-9,11-12,14H,5-7,10,13H2,1-4H3,(H,21,24)(H,22,25). The van der Waals surface area contributed by atoms with Crippen LogP contribution in [0.3, 0.4) is 0 Å². The zero-order valence-electron chi connectivity index (χ0n) is 16.1. The van der Waals surface area contributed by atoms with E-state index in [0.717, 1.165) is 29.7 Å². The molecular formula is C20H29N3O3. The van der Waals surface area contributed by atoms with Crippen LogP contribution in [0, 0.1) is 0 Å². The summed E-state index contributed by atoms with van der Waals surface area (Å²) in [6.45, 7) is 8.87. The van der Waals surface area contributed by atoms with Crippen LogP contribution in [0.5, 0.6) is 5.75 Å². The fraction of sp³-hybridized carbons (Fsp3) is 0.500. The van der Waals surface area contributed by atoms with Crippen molar-refractivity contribution in [1.82, 2.24) is 15.2 Å². The molecule has 1 amide bonds. The number of aromatic amines is 1. The highest BCUT2D eigenvalue weighted by Crippen LogP contribution is 2.19. The van der Waals surface area contributed by atoms with Gasteiger partial charge in [-0.1, -0.05) is 13.8 Å². The topological polar surface area (TPSA) is 74.4 Å². The van der Waals surface area contributed by atoms with Crippen molar-refractivity contribution in [3.63, 3.8) is 0 Å². The Morgan fingerprint density at radius 3 is 2.65 bits per heavy atom. The Hall–Kier alpha value is -2.34. The number of H-pyrrole nitrogens is 1. The molecule has 1 aromatic heterocycles. The van der Waals surface area contributed by atoms with Gasteiger partial charge in [0.2, 0.25) is 5.91 Å². The average molecular weight is 359 g/mol. The number of rotatable bonds is 9. The van der Waals surface area contributed by atoms with Crippen molar-refractivity contribution in [2.45, 2.75) is 39.7 Å². The number of benzene rings is 1. The van der Waals surface area contributed by atoms with E-state index in [0.29, 0.717) is 31.0 Å². The van der Waals surface area contributed by atoms with Crippen molar-refractivity contribution >= 4 is 16.8 Å². The minimum atomic E-state index is -0.146. The number of carbonyl (C=O) groups excluding carboxylic acids is 1. The molecule has 0 bridgehead atoms. The third-order valence-corrected chi connectivity index (χ3v) is 4.78. The number of fused-ring (bicyclic) bond motifs is 1. The van der Waals surface area contributed by atoms with Gasteiger partial charge >= 0.3 is 0 Å². The third kappa shape index (κ3) is 5.08. The summed E-state index contributed by atoms with van der Waals surface area (Å²) in [5.41, 5.74) is 1.22. The zero-order chi connectivity index (χ0) is 19.1. The van der Waals surface area contributed by atoms with Gasteiger partial charge in [0.05, 0.1) is 7.11 Å². The lowest BCUT2D eigenvalue weighted by molar-refractivity contribution is -0.121. The van der Waals surface area contributed by atoms with E-state index in [2.05, 4.69) is 36.0 Å². The molecule has 0 radical (unpaired) electrons. The molecule has 1 aromatic carbocycles. The molecule has 1 unspecified atom stereocenters. The molecule has 2 rings (SSSR count). The molecule has 6 nitrogen and oxygen atoms in total. The number of hydrogen-bond donors (Lipinski definition) is 2. The Morgan fingerprint density at radius 1 is 1.27 bits per heavy atom. The zero-order valence-corrected chi connectivity index (χ0v) is 16.1. The molecule has 0 aliphatic rings. The van der Waals surface area contributed by atoms with Crippen LogP contribution in [0.2, 0.25) is 0 Å². The number of carbonyl (C=O) groups is 1. The summed E-state index contributed by atoms with van der Waals surface area (Å²) in [5, 5.41) is 3.86. The Balaban J connectivity index is 1.97. The lowest BCUT2D eigenvalue weighted by atomic mass is 10.1. The van der Waals surface area contributed by atoms with Crippen LogP contribution >= 0.6 is 0 Å². The molecule has 2 aromatic rings. The van der Waals surface area contributed by atoms with Crippen LogP contribution in [0.1, 0.15) is 32.8 Å². The first-order valence-corrected chi connectivity index (χ1v) is 9.19. The van der Waals surface area contributed by atoms with Crippen molar-refractivity contribution in [1.29, 1.82) is 0 Å². The first kappa shape index (κ1) is 20.0. The van der Waals surface area contributed by atoms with Gasteiger partial charge in [0.15, 0.2) is 0 Å². The molecule has 2 N–H and O–H groups in total. The fourth-order valence-electron chi connectivity index (χ4n) is 3.12. The maximum Gasteiger partial charge on any atom is 0.251 e. The third-order valence-electron chi connectivity index (χ3n) is 4.78. The SMILES string of the molecule is CCN(CC)C(C)CNC(=O)CCc1cc2cc(OC)ccc2[nH]c1=O. The van der Waals surface area contributed by atoms with Crippen LogP contribution in [-0.4, -0.2) is 48.6 Å². The normalized spacial score (nSPS) is 12.3. The minimum Gasteiger partial charge on any atom is -0.497 e. The van der Waals surface area contributed by atoms with Crippen LogP contribution in [0.25, 0.3) is 10.9 Å². The Kier molecular flexibility index (Phi) is 7.21. The van der Waals surface area contributed by atoms with E-state index < -0.39 is 0 Å².